The molecule has 0 heterocycles. The molecule has 0 amide bonds. The van der Waals surface area contributed by atoms with Crippen molar-refractivity contribution in [1.82, 2.24) is 0 Å². The molecular formula is C24H16O3S3. The second-order valence-corrected chi connectivity index (χ2v) is 9.49. The number of aliphatic hydroxyl groups is 1. The van der Waals surface area contributed by atoms with Gasteiger partial charge in [0, 0.05) is 14.7 Å². The van der Waals surface area contributed by atoms with Crippen LogP contribution in [0.15, 0.2) is 126 Å². The molecule has 0 aromatic heterocycles. The van der Waals surface area contributed by atoms with Crippen molar-refractivity contribution in [2.24, 2.45) is 0 Å². The third-order valence-corrected chi connectivity index (χ3v) is 7.57. The fraction of sp³-hybridized carbons (Fsp3) is 0. The molecule has 1 N–H and O–H groups in total. The van der Waals surface area contributed by atoms with E-state index in [1.165, 1.54) is 23.5 Å². The van der Waals surface area contributed by atoms with Crippen LogP contribution in [0.3, 0.4) is 0 Å². The Morgan fingerprint density at radius 1 is 0.467 bits per heavy atom. The smallest absolute Gasteiger partial charge is 0.236 e. The summed E-state index contributed by atoms with van der Waals surface area (Å²) >= 11 is 3.56. The average molecular weight is 449 g/mol. The van der Waals surface area contributed by atoms with Crippen molar-refractivity contribution in [3.8, 4) is 0 Å². The average Bonchev–Trinajstić information content (AvgIpc) is 2.79. The van der Waals surface area contributed by atoms with Crippen LogP contribution in [0.5, 0.6) is 0 Å². The number of thioether (sulfide) groups is 3. The zero-order valence-electron chi connectivity index (χ0n) is 15.6. The number of carbonyl (C=O) groups excluding carboxylic acids is 2. The molecule has 148 valence electrons. The van der Waals surface area contributed by atoms with Gasteiger partial charge in [0.2, 0.25) is 11.6 Å². The minimum absolute atomic E-state index is 0.0574. The van der Waals surface area contributed by atoms with Gasteiger partial charge in [0.1, 0.15) is 4.91 Å². The first kappa shape index (κ1) is 20.6. The highest BCUT2D eigenvalue weighted by molar-refractivity contribution is 8.09. The lowest BCUT2D eigenvalue weighted by Crippen LogP contribution is -2.20. The molecule has 3 aromatic carbocycles. The van der Waals surface area contributed by atoms with Gasteiger partial charge < -0.3 is 5.11 Å². The summed E-state index contributed by atoms with van der Waals surface area (Å²) in [5, 5.41) is 10.6. The van der Waals surface area contributed by atoms with Crippen molar-refractivity contribution in [2.45, 2.75) is 14.7 Å². The van der Waals surface area contributed by atoms with Crippen LogP contribution in [0.25, 0.3) is 0 Å². The van der Waals surface area contributed by atoms with E-state index in [0.717, 1.165) is 26.4 Å². The Bertz CT molecular complexity index is 1140. The highest BCUT2D eigenvalue weighted by Gasteiger charge is 2.36. The Kier molecular flexibility index (Phi) is 6.47. The van der Waals surface area contributed by atoms with Crippen molar-refractivity contribution in [2.75, 3.05) is 0 Å². The van der Waals surface area contributed by atoms with Crippen LogP contribution >= 0.6 is 35.3 Å². The second-order valence-electron chi connectivity index (χ2n) is 6.24. The first-order valence-corrected chi connectivity index (χ1v) is 11.5. The molecule has 0 bridgehead atoms. The van der Waals surface area contributed by atoms with Crippen LogP contribution in [0.2, 0.25) is 0 Å². The molecule has 4 rings (SSSR count). The zero-order chi connectivity index (χ0) is 20.9. The SMILES string of the molecule is O=C1C(O)=C(Sc2ccccc2)C(=O)C(Sc2ccccc2)=C1Sc1ccccc1. The van der Waals surface area contributed by atoms with Gasteiger partial charge in [-0.3, -0.25) is 9.59 Å². The molecule has 30 heavy (non-hydrogen) atoms. The third kappa shape index (κ3) is 4.56. The molecule has 0 spiro atoms. The molecule has 1 aliphatic carbocycles. The minimum atomic E-state index is -0.527. The van der Waals surface area contributed by atoms with Crippen molar-refractivity contribution < 1.29 is 14.7 Å². The van der Waals surface area contributed by atoms with E-state index in [-0.39, 0.29) is 15.6 Å². The van der Waals surface area contributed by atoms with Crippen LogP contribution in [0.1, 0.15) is 0 Å². The van der Waals surface area contributed by atoms with Crippen molar-refractivity contribution in [3.05, 3.63) is 111 Å². The number of hydrogen-bond acceptors (Lipinski definition) is 6. The molecule has 0 radical (unpaired) electrons. The number of aliphatic hydroxyl groups excluding tert-OH is 1. The van der Waals surface area contributed by atoms with E-state index in [1.54, 1.807) is 0 Å². The maximum atomic E-state index is 13.4. The maximum absolute atomic E-state index is 13.4. The van der Waals surface area contributed by atoms with Crippen molar-refractivity contribution in [3.63, 3.8) is 0 Å². The fourth-order valence-corrected chi connectivity index (χ4v) is 5.77. The molecule has 0 atom stereocenters. The normalized spacial score (nSPS) is 14.4. The molecular weight excluding hydrogens is 432 g/mol. The van der Waals surface area contributed by atoms with E-state index in [2.05, 4.69) is 0 Å². The summed E-state index contributed by atoms with van der Waals surface area (Å²) in [6, 6.07) is 28.1. The molecule has 3 aromatic rings. The second kappa shape index (κ2) is 9.43. The molecule has 0 fully saturated rings. The summed E-state index contributed by atoms with van der Waals surface area (Å²) in [7, 11) is 0. The zero-order valence-corrected chi connectivity index (χ0v) is 18.1. The van der Waals surface area contributed by atoms with Crippen molar-refractivity contribution in [1.29, 1.82) is 0 Å². The third-order valence-electron chi connectivity index (χ3n) is 4.14. The maximum Gasteiger partial charge on any atom is 0.236 e. The van der Waals surface area contributed by atoms with Gasteiger partial charge in [-0.25, -0.2) is 0 Å². The van der Waals surface area contributed by atoms with Crippen LogP contribution in [0, 0.1) is 0 Å². The summed E-state index contributed by atoms with van der Waals surface area (Å²) in [5.74, 6) is -1.36. The molecule has 0 saturated heterocycles. The summed E-state index contributed by atoms with van der Waals surface area (Å²) in [6.45, 7) is 0. The molecule has 3 nitrogen and oxygen atoms in total. The van der Waals surface area contributed by atoms with Gasteiger partial charge in [-0.1, -0.05) is 89.9 Å². The van der Waals surface area contributed by atoms with Crippen LogP contribution in [0.4, 0.5) is 0 Å². The lowest BCUT2D eigenvalue weighted by atomic mass is 10.1. The predicted molar refractivity (Wildman–Crippen MR) is 124 cm³/mol. The fourth-order valence-electron chi connectivity index (χ4n) is 2.73. The van der Waals surface area contributed by atoms with E-state index >= 15 is 0 Å². The Labute approximate surface area is 187 Å². The first-order valence-electron chi connectivity index (χ1n) is 9.09. The van der Waals surface area contributed by atoms with E-state index < -0.39 is 11.5 Å². The van der Waals surface area contributed by atoms with E-state index in [0.29, 0.717) is 4.91 Å². The molecule has 0 aliphatic heterocycles. The predicted octanol–water partition coefficient (Wildman–Crippen LogP) is 6.50. The Hall–Kier alpha value is -2.67. The van der Waals surface area contributed by atoms with Gasteiger partial charge in [0.25, 0.3) is 0 Å². The van der Waals surface area contributed by atoms with Gasteiger partial charge in [-0.15, -0.1) is 0 Å². The van der Waals surface area contributed by atoms with E-state index in [1.807, 2.05) is 91.0 Å². The number of benzene rings is 3. The van der Waals surface area contributed by atoms with Gasteiger partial charge in [-0.2, -0.15) is 0 Å². The topological polar surface area (TPSA) is 54.4 Å². The van der Waals surface area contributed by atoms with Gasteiger partial charge in [0.05, 0.1) is 9.81 Å². The monoisotopic (exact) mass is 448 g/mol. The van der Waals surface area contributed by atoms with Gasteiger partial charge >= 0.3 is 0 Å². The summed E-state index contributed by atoms with van der Waals surface area (Å²) in [5.41, 5.74) is 0. The molecule has 0 unspecified atom stereocenters. The molecule has 6 heteroatoms. The van der Waals surface area contributed by atoms with Crippen LogP contribution in [-0.2, 0) is 9.59 Å². The van der Waals surface area contributed by atoms with Gasteiger partial charge in [0.15, 0.2) is 5.76 Å². The number of allylic oxidation sites excluding steroid dienone is 3. The highest BCUT2D eigenvalue weighted by Crippen LogP contribution is 2.45. The lowest BCUT2D eigenvalue weighted by Gasteiger charge is -2.20. The minimum Gasteiger partial charge on any atom is -0.503 e. The lowest BCUT2D eigenvalue weighted by molar-refractivity contribution is -0.117. The van der Waals surface area contributed by atoms with Gasteiger partial charge in [-0.05, 0) is 36.4 Å². The number of Topliss-reactive ketones (excluding diaryl/α,β-unsaturated/α-hetero) is 2. The number of hydrogen-bond donors (Lipinski definition) is 1. The summed E-state index contributed by atoms with van der Waals surface area (Å²) in [4.78, 5) is 29.6. The largest absolute Gasteiger partial charge is 0.503 e. The molecule has 1 aliphatic rings. The highest BCUT2D eigenvalue weighted by atomic mass is 32.2. The number of ketones is 2. The van der Waals surface area contributed by atoms with Crippen molar-refractivity contribution >= 4 is 46.9 Å². The number of rotatable bonds is 6. The Morgan fingerprint density at radius 3 is 1.20 bits per heavy atom. The van der Waals surface area contributed by atoms with Crippen LogP contribution in [-0.4, -0.2) is 16.7 Å². The van der Waals surface area contributed by atoms with E-state index in [9.17, 15) is 14.7 Å². The Balaban J connectivity index is 1.75. The number of carbonyl (C=O) groups is 2. The van der Waals surface area contributed by atoms with E-state index in [4.69, 9.17) is 0 Å². The first-order chi connectivity index (χ1) is 14.6. The summed E-state index contributed by atoms with van der Waals surface area (Å²) in [6.07, 6.45) is 0. The van der Waals surface area contributed by atoms with Crippen LogP contribution < -0.4 is 0 Å². The Morgan fingerprint density at radius 2 is 0.800 bits per heavy atom. The summed E-state index contributed by atoms with van der Waals surface area (Å²) < 4.78 is 0. The quantitative estimate of drug-likeness (QED) is 0.435. The molecule has 0 saturated carbocycles. The standard InChI is InChI=1S/C24H16O3S3/c25-19-20(26)23(29-17-12-6-2-7-13-17)24(30-18-14-8-3-9-15-18)21(27)22(19)28-16-10-4-1-5-11-16/h1-15,25H.